The lowest BCUT2D eigenvalue weighted by atomic mass is 10.0. The number of rotatable bonds is 5. The standard InChI is InChI=1S/C18H20Cl2N2O3S/c1-11-7-18(15(20)9-14(11)19)26(24,25)21-10-17(23)13-3-4-16-12(8-13)5-6-22(16)2/h3-4,7-9,17,21,23H,5-6,10H2,1-2H3. The molecule has 0 spiro atoms. The van der Waals surface area contributed by atoms with E-state index in [-0.39, 0.29) is 16.5 Å². The molecule has 140 valence electrons. The van der Waals surface area contributed by atoms with Crippen molar-refractivity contribution in [2.24, 2.45) is 0 Å². The number of fused-ring (bicyclic) bond motifs is 1. The first kappa shape index (κ1) is 19.5. The number of likely N-dealkylation sites (N-methyl/N-ethyl adjacent to an activating group) is 1. The molecule has 1 unspecified atom stereocenters. The molecule has 1 aliphatic rings. The third-order valence-electron chi connectivity index (χ3n) is 4.59. The van der Waals surface area contributed by atoms with E-state index in [1.54, 1.807) is 6.92 Å². The summed E-state index contributed by atoms with van der Waals surface area (Å²) in [5.41, 5.74) is 3.59. The van der Waals surface area contributed by atoms with E-state index < -0.39 is 16.1 Å². The maximum Gasteiger partial charge on any atom is 0.242 e. The number of halogens is 2. The van der Waals surface area contributed by atoms with Crippen LogP contribution in [0.5, 0.6) is 0 Å². The molecule has 3 rings (SSSR count). The van der Waals surface area contributed by atoms with Crippen molar-refractivity contribution in [3.8, 4) is 0 Å². The van der Waals surface area contributed by atoms with Gasteiger partial charge in [-0.2, -0.15) is 0 Å². The first-order chi connectivity index (χ1) is 12.2. The van der Waals surface area contributed by atoms with Crippen LogP contribution in [-0.2, 0) is 16.4 Å². The van der Waals surface area contributed by atoms with Crippen molar-refractivity contribution in [3.05, 3.63) is 57.1 Å². The first-order valence-electron chi connectivity index (χ1n) is 8.16. The highest BCUT2D eigenvalue weighted by atomic mass is 35.5. The van der Waals surface area contributed by atoms with Crippen LogP contribution in [-0.4, -0.2) is 33.7 Å². The van der Waals surface area contributed by atoms with Crippen LogP contribution in [0, 0.1) is 6.92 Å². The van der Waals surface area contributed by atoms with Gasteiger partial charge in [0, 0.05) is 30.8 Å². The van der Waals surface area contributed by atoms with Crippen molar-refractivity contribution in [1.82, 2.24) is 4.72 Å². The second kappa shape index (κ2) is 7.37. The summed E-state index contributed by atoms with van der Waals surface area (Å²) in [6, 6.07) is 8.52. The van der Waals surface area contributed by atoms with Gasteiger partial charge in [-0.15, -0.1) is 0 Å². The van der Waals surface area contributed by atoms with Gasteiger partial charge in [-0.25, -0.2) is 13.1 Å². The third-order valence-corrected chi connectivity index (χ3v) is 6.88. The highest BCUT2D eigenvalue weighted by molar-refractivity contribution is 7.89. The lowest BCUT2D eigenvalue weighted by Gasteiger charge is -2.16. The second-order valence-electron chi connectivity index (χ2n) is 6.46. The van der Waals surface area contributed by atoms with Crippen LogP contribution in [0.1, 0.15) is 22.8 Å². The highest BCUT2D eigenvalue weighted by Gasteiger charge is 2.22. The van der Waals surface area contributed by atoms with Gasteiger partial charge in [-0.3, -0.25) is 0 Å². The molecule has 2 aromatic carbocycles. The lowest BCUT2D eigenvalue weighted by Crippen LogP contribution is -2.29. The Morgan fingerprint density at radius 3 is 2.69 bits per heavy atom. The molecule has 0 bridgehead atoms. The molecule has 1 heterocycles. The number of hydrogen-bond acceptors (Lipinski definition) is 4. The summed E-state index contributed by atoms with van der Waals surface area (Å²) in [5, 5.41) is 10.8. The van der Waals surface area contributed by atoms with Crippen LogP contribution in [0.3, 0.4) is 0 Å². The third kappa shape index (κ3) is 3.85. The van der Waals surface area contributed by atoms with Gasteiger partial charge in [-0.05, 0) is 48.2 Å². The molecule has 26 heavy (non-hydrogen) atoms. The van der Waals surface area contributed by atoms with Gasteiger partial charge >= 0.3 is 0 Å². The maximum atomic E-state index is 12.5. The van der Waals surface area contributed by atoms with Gasteiger partial charge in [-0.1, -0.05) is 35.3 Å². The van der Waals surface area contributed by atoms with Crippen LogP contribution in [0.4, 0.5) is 5.69 Å². The Kier molecular flexibility index (Phi) is 5.51. The summed E-state index contributed by atoms with van der Waals surface area (Å²) < 4.78 is 27.5. The second-order valence-corrected chi connectivity index (χ2v) is 9.01. The Hall–Kier alpha value is -1.31. The molecule has 0 aliphatic carbocycles. The van der Waals surface area contributed by atoms with Gasteiger partial charge in [0.25, 0.3) is 0 Å². The molecule has 0 saturated heterocycles. The van der Waals surface area contributed by atoms with Crippen LogP contribution in [0.25, 0.3) is 0 Å². The Bertz CT molecular complexity index is 948. The van der Waals surface area contributed by atoms with Crippen LogP contribution in [0.15, 0.2) is 35.2 Å². The highest BCUT2D eigenvalue weighted by Crippen LogP contribution is 2.30. The number of benzene rings is 2. The zero-order chi connectivity index (χ0) is 19.1. The van der Waals surface area contributed by atoms with Crippen molar-refractivity contribution >= 4 is 38.9 Å². The molecule has 2 aromatic rings. The number of hydrogen-bond donors (Lipinski definition) is 2. The summed E-state index contributed by atoms with van der Waals surface area (Å²) >= 11 is 12.0. The summed E-state index contributed by atoms with van der Waals surface area (Å²) in [6.07, 6.45) is -0.0363. The number of anilines is 1. The van der Waals surface area contributed by atoms with E-state index in [1.807, 2.05) is 25.2 Å². The van der Waals surface area contributed by atoms with Gasteiger partial charge in [0.05, 0.1) is 11.1 Å². The molecule has 5 nitrogen and oxygen atoms in total. The van der Waals surface area contributed by atoms with Crippen molar-refractivity contribution in [2.75, 3.05) is 25.0 Å². The van der Waals surface area contributed by atoms with Gasteiger partial charge in [0.1, 0.15) is 4.90 Å². The van der Waals surface area contributed by atoms with Crippen molar-refractivity contribution < 1.29 is 13.5 Å². The average molecular weight is 415 g/mol. The SMILES string of the molecule is Cc1cc(S(=O)(=O)NCC(O)c2ccc3c(c2)CCN3C)c(Cl)cc1Cl. The van der Waals surface area contributed by atoms with Gasteiger partial charge in [0.15, 0.2) is 0 Å². The topological polar surface area (TPSA) is 69.6 Å². The van der Waals surface area contributed by atoms with Crippen molar-refractivity contribution in [1.29, 1.82) is 0 Å². The van der Waals surface area contributed by atoms with E-state index in [0.29, 0.717) is 16.1 Å². The maximum absolute atomic E-state index is 12.5. The minimum absolute atomic E-state index is 0.0446. The normalized spacial score (nSPS) is 15.2. The van der Waals surface area contributed by atoms with Crippen molar-refractivity contribution in [3.63, 3.8) is 0 Å². The zero-order valence-electron chi connectivity index (χ0n) is 14.5. The number of nitrogens with one attached hydrogen (secondary N) is 1. The fourth-order valence-corrected chi connectivity index (χ4v) is 4.88. The van der Waals surface area contributed by atoms with E-state index >= 15 is 0 Å². The Labute approximate surface area is 163 Å². The number of aliphatic hydroxyl groups excluding tert-OH is 1. The molecule has 0 amide bonds. The van der Waals surface area contributed by atoms with E-state index in [0.717, 1.165) is 24.2 Å². The van der Waals surface area contributed by atoms with E-state index in [2.05, 4.69) is 9.62 Å². The van der Waals surface area contributed by atoms with Crippen LogP contribution in [0.2, 0.25) is 10.0 Å². The van der Waals surface area contributed by atoms with E-state index in [9.17, 15) is 13.5 Å². The smallest absolute Gasteiger partial charge is 0.242 e. The fraction of sp³-hybridized carbons (Fsp3) is 0.333. The van der Waals surface area contributed by atoms with E-state index in [4.69, 9.17) is 23.2 Å². The molecule has 0 saturated carbocycles. The van der Waals surface area contributed by atoms with Crippen molar-refractivity contribution in [2.45, 2.75) is 24.3 Å². The largest absolute Gasteiger partial charge is 0.387 e. The monoisotopic (exact) mass is 414 g/mol. The average Bonchev–Trinajstić information content (AvgIpc) is 2.96. The lowest BCUT2D eigenvalue weighted by molar-refractivity contribution is 0.182. The number of aryl methyl sites for hydroxylation is 1. The molecule has 2 N–H and O–H groups in total. The van der Waals surface area contributed by atoms with Gasteiger partial charge < -0.3 is 10.0 Å². The first-order valence-corrected chi connectivity index (χ1v) is 10.4. The Morgan fingerprint density at radius 2 is 1.96 bits per heavy atom. The molecule has 0 radical (unpaired) electrons. The summed E-state index contributed by atoms with van der Waals surface area (Å²) in [5.74, 6) is 0. The zero-order valence-corrected chi connectivity index (χ0v) is 16.8. The molecule has 8 heteroatoms. The van der Waals surface area contributed by atoms with E-state index in [1.165, 1.54) is 12.1 Å². The molecule has 0 fully saturated rings. The number of sulfonamides is 1. The summed E-state index contributed by atoms with van der Waals surface area (Å²) in [4.78, 5) is 2.10. The molecule has 0 aromatic heterocycles. The molecular weight excluding hydrogens is 395 g/mol. The van der Waals surface area contributed by atoms with Gasteiger partial charge in [0.2, 0.25) is 10.0 Å². The molecular formula is C18H20Cl2N2O3S. The summed E-state index contributed by atoms with van der Waals surface area (Å²) in [7, 11) is -1.84. The molecule has 1 aliphatic heterocycles. The number of nitrogens with zero attached hydrogens (tertiary/aromatic N) is 1. The minimum Gasteiger partial charge on any atom is -0.387 e. The predicted octanol–water partition coefficient (Wildman–Crippen LogP) is 3.31. The fourth-order valence-electron chi connectivity index (χ4n) is 3.01. The quantitative estimate of drug-likeness (QED) is 0.786. The number of aliphatic hydroxyl groups is 1. The minimum atomic E-state index is -3.86. The Balaban J connectivity index is 1.75. The predicted molar refractivity (Wildman–Crippen MR) is 105 cm³/mol. The summed E-state index contributed by atoms with van der Waals surface area (Å²) in [6.45, 7) is 2.50. The van der Waals surface area contributed by atoms with Crippen LogP contribution >= 0.6 is 23.2 Å². The molecule has 1 atom stereocenters. The van der Waals surface area contributed by atoms with Crippen LogP contribution < -0.4 is 9.62 Å². The Morgan fingerprint density at radius 1 is 1.23 bits per heavy atom.